The summed E-state index contributed by atoms with van der Waals surface area (Å²) in [7, 11) is 1.84. The van der Waals surface area contributed by atoms with Gasteiger partial charge in [-0.15, -0.1) is 0 Å². The number of carbonyl (C=O) groups is 1. The quantitative estimate of drug-likeness (QED) is 0.696. The molecule has 1 rings (SSSR count). The zero-order chi connectivity index (χ0) is 10.6. The Labute approximate surface area is 86.9 Å². The van der Waals surface area contributed by atoms with E-state index in [4.69, 9.17) is 0 Å². The molecular formula is C11H22N2O. The van der Waals surface area contributed by atoms with Crippen LogP contribution in [-0.4, -0.2) is 37.0 Å². The Kier molecular flexibility index (Phi) is 4.39. The summed E-state index contributed by atoms with van der Waals surface area (Å²) < 4.78 is 0. The monoisotopic (exact) mass is 198 g/mol. The number of rotatable bonds is 6. The van der Waals surface area contributed by atoms with Crippen molar-refractivity contribution in [1.82, 2.24) is 10.2 Å². The first-order valence-electron chi connectivity index (χ1n) is 5.60. The fourth-order valence-corrected chi connectivity index (χ4v) is 1.51. The van der Waals surface area contributed by atoms with Crippen molar-refractivity contribution in [3.63, 3.8) is 0 Å². The van der Waals surface area contributed by atoms with Gasteiger partial charge in [0.25, 0.3) is 0 Å². The van der Waals surface area contributed by atoms with Crippen molar-refractivity contribution in [2.45, 2.75) is 39.2 Å². The van der Waals surface area contributed by atoms with Gasteiger partial charge < -0.3 is 10.2 Å². The summed E-state index contributed by atoms with van der Waals surface area (Å²) in [5.41, 5.74) is 0. The van der Waals surface area contributed by atoms with Gasteiger partial charge in [0.05, 0.1) is 6.54 Å². The van der Waals surface area contributed by atoms with Crippen LogP contribution in [-0.2, 0) is 4.79 Å². The maximum absolute atomic E-state index is 11.4. The second-order valence-corrected chi connectivity index (χ2v) is 4.37. The Morgan fingerprint density at radius 3 is 2.71 bits per heavy atom. The van der Waals surface area contributed by atoms with E-state index in [0.29, 0.717) is 12.6 Å². The molecule has 1 saturated carbocycles. The second kappa shape index (κ2) is 5.35. The van der Waals surface area contributed by atoms with E-state index in [1.807, 2.05) is 14.0 Å². The summed E-state index contributed by atoms with van der Waals surface area (Å²) in [5, 5.41) is 3.28. The predicted octanol–water partition coefficient (Wildman–Crippen LogP) is 1.24. The summed E-state index contributed by atoms with van der Waals surface area (Å²) in [5.74, 6) is 1.12. The van der Waals surface area contributed by atoms with E-state index in [-0.39, 0.29) is 5.91 Å². The van der Waals surface area contributed by atoms with Gasteiger partial charge in [0.2, 0.25) is 5.91 Å². The van der Waals surface area contributed by atoms with Gasteiger partial charge in [-0.3, -0.25) is 4.79 Å². The van der Waals surface area contributed by atoms with Crippen molar-refractivity contribution >= 4 is 5.91 Å². The van der Waals surface area contributed by atoms with Gasteiger partial charge in [-0.1, -0.05) is 12.8 Å². The molecule has 3 heteroatoms. The normalized spacial score (nSPS) is 17.9. The van der Waals surface area contributed by atoms with Gasteiger partial charge >= 0.3 is 0 Å². The molecular weight excluding hydrogens is 176 g/mol. The van der Waals surface area contributed by atoms with E-state index in [1.54, 1.807) is 4.90 Å². The lowest BCUT2D eigenvalue weighted by Crippen LogP contribution is -2.39. The first-order chi connectivity index (χ1) is 6.63. The van der Waals surface area contributed by atoms with Crippen molar-refractivity contribution in [1.29, 1.82) is 0 Å². The van der Waals surface area contributed by atoms with Gasteiger partial charge in [-0.05, 0) is 26.2 Å². The molecule has 0 bridgehead atoms. The van der Waals surface area contributed by atoms with Crippen LogP contribution in [0.15, 0.2) is 0 Å². The lowest BCUT2D eigenvalue weighted by atomic mass is 10.1. The summed E-state index contributed by atoms with van der Waals surface area (Å²) >= 11 is 0. The molecule has 0 aromatic heterocycles. The van der Waals surface area contributed by atoms with Crippen LogP contribution in [0.25, 0.3) is 0 Å². The number of nitrogens with zero attached hydrogens (tertiary/aromatic N) is 1. The Morgan fingerprint density at radius 1 is 1.57 bits per heavy atom. The fraction of sp³-hybridized carbons (Fsp3) is 0.909. The molecule has 14 heavy (non-hydrogen) atoms. The second-order valence-electron chi connectivity index (χ2n) is 4.37. The van der Waals surface area contributed by atoms with Crippen molar-refractivity contribution in [3.05, 3.63) is 0 Å². The molecule has 0 aliphatic heterocycles. The molecule has 0 aromatic carbocycles. The molecule has 1 unspecified atom stereocenters. The van der Waals surface area contributed by atoms with Crippen molar-refractivity contribution in [2.75, 3.05) is 20.1 Å². The molecule has 0 heterocycles. The zero-order valence-electron chi connectivity index (χ0n) is 9.55. The van der Waals surface area contributed by atoms with E-state index in [9.17, 15) is 4.79 Å². The molecule has 1 atom stereocenters. The van der Waals surface area contributed by atoms with E-state index >= 15 is 0 Å². The van der Waals surface area contributed by atoms with Crippen LogP contribution in [0.1, 0.15) is 33.1 Å². The van der Waals surface area contributed by atoms with Crippen molar-refractivity contribution in [2.24, 2.45) is 5.92 Å². The number of likely N-dealkylation sites (N-methyl/N-ethyl adjacent to an activating group) is 1. The van der Waals surface area contributed by atoms with Crippen LogP contribution in [0.2, 0.25) is 0 Å². The zero-order valence-corrected chi connectivity index (χ0v) is 9.55. The van der Waals surface area contributed by atoms with Gasteiger partial charge in [-0.2, -0.15) is 0 Å². The molecule has 1 fully saturated rings. The van der Waals surface area contributed by atoms with E-state index < -0.39 is 0 Å². The average molecular weight is 198 g/mol. The minimum absolute atomic E-state index is 0.190. The van der Waals surface area contributed by atoms with Crippen molar-refractivity contribution in [3.8, 4) is 0 Å². The van der Waals surface area contributed by atoms with Gasteiger partial charge in [0, 0.05) is 19.6 Å². The van der Waals surface area contributed by atoms with Crippen LogP contribution in [0.5, 0.6) is 0 Å². The van der Waals surface area contributed by atoms with Gasteiger partial charge in [0.15, 0.2) is 0 Å². The van der Waals surface area contributed by atoms with Crippen LogP contribution in [0, 0.1) is 5.92 Å². The van der Waals surface area contributed by atoms with Gasteiger partial charge in [0.1, 0.15) is 0 Å². The van der Waals surface area contributed by atoms with Crippen LogP contribution < -0.4 is 5.32 Å². The molecule has 3 nitrogen and oxygen atoms in total. The molecule has 0 saturated heterocycles. The van der Waals surface area contributed by atoms with Crippen LogP contribution in [0.3, 0.4) is 0 Å². The highest BCUT2D eigenvalue weighted by Crippen LogP contribution is 2.33. The fourth-order valence-electron chi connectivity index (χ4n) is 1.51. The Balaban J connectivity index is 2.08. The molecule has 1 aliphatic carbocycles. The maximum atomic E-state index is 11.4. The maximum Gasteiger partial charge on any atom is 0.236 e. The molecule has 0 spiro atoms. The molecule has 1 N–H and O–H groups in total. The highest BCUT2D eigenvalue weighted by Gasteiger charge is 2.23. The van der Waals surface area contributed by atoms with Gasteiger partial charge in [-0.25, -0.2) is 0 Å². The Morgan fingerprint density at radius 2 is 2.21 bits per heavy atom. The summed E-state index contributed by atoms with van der Waals surface area (Å²) in [6.07, 6.45) is 3.99. The summed E-state index contributed by atoms with van der Waals surface area (Å²) in [4.78, 5) is 13.2. The highest BCUT2D eigenvalue weighted by atomic mass is 16.2. The number of nitrogens with one attached hydrogen (secondary N) is 1. The van der Waals surface area contributed by atoms with E-state index in [1.165, 1.54) is 19.3 Å². The molecule has 82 valence electrons. The number of amides is 1. The van der Waals surface area contributed by atoms with Crippen LogP contribution >= 0.6 is 0 Å². The lowest BCUT2D eigenvalue weighted by molar-refractivity contribution is -0.128. The molecule has 1 aliphatic rings. The third-order valence-corrected chi connectivity index (χ3v) is 2.89. The SMILES string of the molecule is CCN(C)C(=O)CNC(C)CC1CC1. The lowest BCUT2D eigenvalue weighted by Gasteiger charge is -2.17. The molecule has 0 aromatic rings. The number of hydrogen-bond donors (Lipinski definition) is 1. The summed E-state index contributed by atoms with van der Waals surface area (Å²) in [6, 6.07) is 0.483. The Hall–Kier alpha value is -0.570. The smallest absolute Gasteiger partial charge is 0.236 e. The molecule has 0 radical (unpaired) electrons. The van der Waals surface area contributed by atoms with E-state index in [0.717, 1.165) is 12.5 Å². The topological polar surface area (TPSA) is 32.3 Å². The number of carbonyl (C=O) groups excluding carboxylic acids is 1. The largest absolute Gasteiger partial charge is 0.345 e. The minimum atomic E-state index is 0.190. The standard InChI is InChI=1S/C11H22N2O/c1-4-13(3)11(14)8-12-9(2)7-10-5-6-10/h9-10,12H,4-8H2,1-3H3. The third-order valence-electron chi connectivity index (χ3n) is 2.89. The first-order valence-corrected chi connectivity index (χ1v) is 5.60. The van der Waals surface area contributed by atoms with E-state index in [2.05, 4.69) is 12.2 Å². The third kappa shape index (κ3) is 4.09. The first kappa shape index (κ1) is 11.5. The minimum Gasteiger partial charge on any atom is -0.345 e. The molecule has 1 amide bonds. The highest BCUT2D eigenvalue weighted by molar-refractivity contribution is 5.77. The van der Waals surface area contributed by atoms with Crippen LogP contribution in [0.4, 0.5) is 0 Å². The van der Waals surface area contributed by atoms with Crippen molar-refractivity contribution < 1.29 is 4.79 Å². The number of hydrogen-bond acceptors (Lipinski definition) is 2. The Bertz CT molecular complexity index is 190. The predicted molar refractivity (Wildman–Crippen MR) is 58.1 cm³/mol. The summed E-state index contributed by atoms with van der Waals surface area (Å²) in [6.45, 7) is 5.43. The average Bonchev–Trinajstić information content (AvgIpc) is 2.96.